The van der Waals surface area contributed by atoms with Crippen LogP contribution in [0.25, 0.3) is 0 Å². The van der Waals surface area contributed by atoms with Crippen LogP contribution in [0.1, 0.15) is 31.7 Å². The van der Waals surface area contributed by atoms with Crippen molar-refractivity contribution in [3.05, 3.63) is 58.1 Å². The van der Waals surface area contributed by atoms with E-state index in [1.807, 2.05) is 24.3 Å². The minimum atomic E-state index is -0.491. The van der Waals surface area contributed by atoms with Crippen LogP contribution in [0.3, 0.4) is 0 Å². The van der Waals surface area contributed by atoms with E-state index in [-0.39, 0.29) is 5.69 Å². The molecule has 0 spiro atoms. The Kier molecular flexibility index (Phi) is 4.42. The molecule has 0 aliphatic heterocycles. The number of nitrogens with zero attached hydrogens (tertiary/aromatic N) is 1. The molecule has 0 bridgehead atoms. The third-order valence-electron chi connectivity index (χ3n) is 3.42. The summed E-state index contributed by atoms with van der Waals surface area (Å²) in [4.78, 5) is 10.3. The number of benzene rings is 2. The van der Waals surface area contributed by atoms with E-state index in [9.17, 15) is 10.1 Å². The molecule has 1 unspecified atom stereocenters. The number of nitrogens with two attached hydrogens (primary N) is 1. The van der Waals surface area contributed by atoms with Gasteiger partial charge in [0.25, 0.3) is 5.69 Å². The summed E-state index contributed by atoms with van der Waals surface area (Å²) in [6, 6.07) is 12.0. The first kappa shape index (κ1) is 14.8. The van der Waals surface area contributed by atoms with Crippen molar-refractivity contribution in [1.82, 2.24) is 0 Å². The van der Waals surface area contributed by atoms with Crippen LogP contribution in [0.5, 0.6) is 11.5 Å². The molecular weight excluding hydrogens is 268 g/mol. The molecule has 2 rings (SSSR count). The van der Waals surface area contributed by atoms with Gasteiger partial charge < -0.3 is 10.5 Å². The van der Waals surface area contributed by atoms with Gasteiger partial charge in [0, 0.05) is 17.8 Å². The van der Waals surface area contributed by atoms with Gasteiger partial charge in [-0.15, -0.1) is 0 Å². The highest BCUT2D eigenvalue weighted by Crippen LogP contribution is 2.29. The van der Waals surface area contributed by atoms with E-state index in [4.69, 9.17) is 10.5 Å². The predicted molar refractivity (Wildman–Crippen MR) is 82.7 cm³/mol. The molecule has 0 heterocycles. The Balaban J connectivity index is 2.20. The quantitative estimate of drug-likeness (QED) is 0.499. The number of hydrogen-bond donors (Lipinski definition) is 1. The SMILES string of the molecule is CCC(C)c1ccc(Oc2cc(N)cc([N+](=O)[O-])c2)cc1. The van der Waals surface area contributed by atoms with E-state index in [0.29, 0.717) is 23.1 Å². The zero-order valence-electron chi connectivity index (χ0n) is 12.1. The normalized spacial score (nSPS) is 11.9. The lowest BCUT2D eigenvalue weighted by molar-refractivity contribution is -0.384. The van der Waals surface area contributed by atoms with Gasteiger partial charge in [-0.3, -0.25) is 10.1 Å². The molecule has 2 N–H and O–H groups in total. The van der Waals surface area contributed by atoms with Crippen LogP contribution >= 0.6 is 0 Å². The Morgan fingerprint density at radius 2 is 1.86 bits per heavy atom. The van der Waals surface area contributed by atoms with Crippen LogP contribution in [-0.2, 0) is 0 Å². The van der Waals surface area contributed by atoms with Crippen molar-refractivity contribution >= 4 is 11.4 Å². The van der Waals surface area contributed by atoms with Crippen molar-refractivity contribution in [3.63, 3.8) is 0 Å². The van der Waals surface area contributed by atoms with E-state index >= 15 is 0 Å². The zero-order valence-corrected chi connectivity index (χ0v) is 12.1. The van der Waals surface area contributed by atoms with Crippen molar-refractivity contribution in [1.29, 1.82) is 0 Å². The number of hydrogen-bond acceptors (Lipinski definition) is 4. The van der Waals surface area contributed by atoms with Gasteiger partial charge in [-0.1, -0.05) is 26.0 Å². The maximum atomic E-state index is 10.8. The fourth-order valence-electron chi connectivity index (χ4n) is 2.01. The molecule has 21 heavy (non-hydrogen) atoms. The van der Waals surface area contributed by atoms with Crippen LogP contribution in [-0.4, -0.2) is 4.92 Å². The maximum absolute atomic E-state index is 10.8. The number of ether oxygens (including phenoxy) is 1. The number of nitro groups is 1. The first-order valence-electron chi connectivity index (χ1n) is 6.82. The molecule has 0 radical (unpaired) electrons. The Hall–Kier alpha value is -2.56. The molecule has 0 amide bonds. The zero-order chi connectivity index (χ0) is 15.4. The fraction of sp³-hybridized carbons (Fsp3) is 0.250. The monoisotopic (exact) mass is 286 g/mol. The van der Waals surface area contributed by atoms with Gasteiger partial charge in [0.05, 0.1) is 11.0 Å². The van der Waals surface area contributed by atoms with Gasteiger partial charge >= 0.3 is 0 Å². The van der Waals surface area contributed by atoms with Crippen LogP contribution in [0.2, 0.25) is 0 Å². The van der Waals surface area contributed by atoms with Gasteiger partial charge in [0.1, 0.15) is 11.5 Å². The molecule has 1 atom stereocenters. The molecule has 2 aromatic carbocycles. The Morgan fingerprint density at radius 3 is 2.43 bits per heavy atom. The van der Waals surface area contributed by atoms with Gasteiger partial charge in [0.2, 0.25) is 0 Å². The van der Waals surface area contributed by atoms with Crippen LogP contribution in [0.15, 0.2) is 42.5 Å². The van der Waals surface area contributed by atoms with Gasteiger partial charge in [-0.05, 0) is 30.0 Å². The van der Waals surface area contributed by atoms with E-state index < -0.39 is 4.92 Å². The number of non-ortho nitro benzene ring substituents is 1. The predicted octanol–water partition coefficient (Wildman–Crippen LogP) is 4.48. The molecule has 0 aromatic heterocycles. The average Bonchev–Trinajstić information content (AvgIpc) is 2.46. The number of nitro benzene ring substituents is 1. The minimum Gasteiger partial charge on any atom is -0.457 e. The van der Waals surface area contributed by atoms with E-state index in [1.54, 1.807) is 6.07 Å². The maximum Gasteiger partial charge on any atom is 0.275 e. The van der Waals surface area contributed by atoms with Gasteiger partial charge in [0.15, 0.2) is 0 Å². The van der Waals surface area contributed by atoms with E-state index in [1.165, 1.54) is 17.7 Å². The largest absolute Gasteiger partial charge is 0.457 e. The molecule has 5 nitrogen and oxygen atoms in total. The van der Waals surface area contributed by atoms with Crippen molar-refractivity contribution in [2.45, 2.75) is 26.2 Å². The first-order chi connectivity index (χ1) is 9.99. The Morgan fingerprint density at radius 1 is 1.19 bits per heavy atom. The summed E-state index contributed by atoms with van der Waals surface area (Å²) in [6.07, 6.45) is 1.07. The van der Waals surface area contributed by atoms with Crippen molar-refractivity contribution < 1.29 is 9.66 Å². The van der Waals surface area contributed by atoms with Crippen LogP contribution in [0.4, 0.5) is 11.4 Å². The summed E-state index contributed by atoms with van der Waals surface area (Å²) in [5, 5.41) is 10.8. The number of rotatable bonds is 5. The molecule has 0 fully saturated rings. The van der Waals surface area contributed by atoms with Crippen molar-refractivity contribution in [2.75, 3.05) is 5.73 Å². The lowest BCUT2D eigenvalue weighted by Crippen LogP contribution is -1.94. The molecule has 0 aliphatic carbocycles. The summed E-state index contributed by atoms with van der Waals surface area (Å²) in [5.74, 6) is 1.48. The van der Waals surface area contributed by atoms with Crippen LogP contribution in [0, 0.1) is 10.1 Å². The molecule has 5 heteroatoms. The smallest absolute Gasteiger partial charge is 0.275 e. The summed E-state index contributed by atoms with van der Waals surface area (Å²) in [6.45, 7) is 4.30. The van der Waals surface area contributed by atoms with Gasteiger partial charge in [-0.25, -0.2) is 0 Å². The first-order valence-corrected chi connectivity index (χ1v) is 6.82. The number of anilines is 1. The second kappa shape index (κ2) is 6.26. The molecule has 2 aromatic rings. The number of nitrogen functional groups attached to an aromatic ring is 1. The Labute approximate surface area is 123 Å². The van der Waals surface area contributed by atoms with E-state index in [2.05, 4.69) is 13.8 Å². The second-order valence-electron chi connectivity index (χ2n) is 5.00. The fourth-order valence-corrected chi connectivity index (χ4v) is 2.01. The molecule has 0 saturated carbocycles. The third kappa shape index (κ3) is 3.72. The van der Waals surface area contributed by atoms with Gasteiger partial charge in [-0.2, -0.15) is 0 Å². The van der Waals surface area contributed by atoms with E-state index in [0.717, 1.165) is 6.42 Å². The van der Waals surface area contributed by atoms with Crippen LogP contribution < -0.4 is 10.5 Å². The molecule has 110 valence electrons. The highest BCUT2D eigenvalue weighted by Gasteiger charge is 2.10. The summed E-state index contributed by atoms with van der Waals surface area (Å²) >= 11 is 0. The minimum absolute atomic E-state index is 0.0822. The lowest BCUT2D eigenvalue weighted by atomic mass is 9.99. The summed E-state index contributed by atoms with van der Waals surface area (Å²) < 4.78 is 5.63. The molecule has 0 saturated heterocycles. The second-order valence-corrected chi connectivity index (χ2v) is 5.00. The lowest BCUT2D eigenvalue weighted by Gasteiger charge is -2.11. The average molecular weight is 286 g/mol. The molecule has 0 aliphatic rings. The molecular formula is C16H18N2O3. The Bertz CT molecular complexity index is 638. The topological polar surface area (TPSA) is 78.4 Å². The van der Waals surface area contributed by atoms with Crippen molar-refractivity contribution in [3.8, 4) is 11.5 Å². The third-order valence-corrected chi connectivity index (χ3v) is 3.42. The standard InChI is InChI=1S/C16H18N2O3/c1-3-11(2)12-4-6-15(7-5-12)21-16-9-13(17)8-14(10-16)18(19)20/h4-11H,3,17H2,1-2H3. The van der Waals surface area contributed by atoms with Crippen molar-refractivity contribution in [2.24, 2.45) is 0 Å². The highest BCUT2D eigenvalue weighted by atomic mass is 16.6. The highest BCUT2D eigenvalue weighted by molar-refractivity contribution is 5.54. The summed E-state index contributed by atoms with van der Waals surface area (Å²) in [7, 11) is 0. The summed E-state index contributed by atoms with van der Waals surface area (Å²) in [5.41, 5.74) is 7.11.